The summed E-state index contributed by atoms with van der Waals surface area (Å²) in [6, 6.07) is 7.21. The van der Waals surface area contributed by atoms with Gasteiger partial charge < -0.3 is 9.52 Å². The van der Waals surface area contributed by atoms with Crippen LogP contribution in [0.3, 0.4) is 0 Å². The number of oxazole rings is 1. The van der Waals surface area contributed by atoms with Crippen molar-refractivity contribution in [3.8, 4) is 0 Å². The molecule has 0 aliphatic heterocycles. The zero-order chi connectivity index (χ0) is 10.1. The van der Waals surface area contributed by atoms with Crippen LogP contribution in [0.25, 0.3) is 11.1 Å². The highest BCUT2D eigenvalue weighted by Gasteiger charge is 2.19. The van der Waals surface area contributed by atoms with E-state index in [1.807, 2.05) is 12.1 Å². The highest BCUT2D eigenvalue weighted by Crippen LogP contribution is 2.20. The quantitative estimate of drug-likeness (QED) is 0.788. The fourth-order valence-electron chi connectivity index (χ4n) is 1.18. The first-order chi connectivity index (χ1) is 6.68. The minimum absolute atomic E-state index is 0.249. The molecule has 1 aromatic carbocycles. The lowest BCUT2D eigenvalue weighted by Crippen LogP contribution is -2.07. The summed E-state index contributed by atoms with van der Waals surface area (Å²) in [5.41, 5.74) is 1.31. The minimum atomic E-state index is -0.934. The highest BCUT2D eigenvalue weighted by molar-refractivity contribution is 5.77. The molecule has 2 aromatic rings. The summed E-state index contributed by atoms with van der Waals surface area (Å²) in [5, 5.41) is 8.76. The van der Waals surface area contributed by atoms with Crippen molar-refractivity contribution in [3.63, 3.8) is 0 Å². The van der Waals surface area contributed by atoms with Gasteiger partial charge in [0, 0.05) is 0 Å². The van der Waals surface area contributed by atoms with Crippen LogP contribution in [-0.2, 0) is 4.79 Å². The van der Waals surface area contributed by atoms with E-state index in [0.29, 0.717) is 11.1 Å². The van der Waals surface area contributed by atoms with Crippen molar-refractivity contribution in [1.29, 1.82) is 0 Å². The van der Waals surface area contributed by atoms with Crippen molar-refractivity contribution < 1.29 is 14.3 Å². The van der Waals surface area contributed by atoms with Crippen LogP contribution in [0.5, 0.6) is 0 Å². The van der Waals surface area contributed by atoms with Crippen molar-refractivity contribution in [1.82, 2.24) is 4.98 Å². The third-order valence-electron chi connectivity index (χ3n) is 2.05. The van der Waals surface area contributed by atoms with Crippen LogP contribution in [-0.4, -0.2) is 16.1 Å². The number of hydrogen-bond donors (Lipinski definition) is 1. The molecule has 0 amide bonds. The number of nitrogens with zero attached hydrogens (tertiary/aromatic N) is 1. The predicted octanol–water partition coefficient (Wildman–Crippen LogP) is 2.02. The molecule has 1 atom stereocenters. The topological polar surface area (TPSA) is 63.3 Å². The number of aliphatic carboxylic acids is 1. The molecule has 0 bridgehead atoms. The van der Waals surface area contributed by atoms with Gasteiger partial charge in [-0.1, -0.05) is 12.1 Å². The minimum Gasteiger partial charge on any atom is -0.481 e. The van der Waals surface area contributed by atoms with Crippen molar-refractivity contribution >= 4 is 17.1 Å². The molecule has 1 aromatic heterocycles. The molecule has 0 radical (unpaired) electrons. The van der Waals surface area contributed by atoms with Gasteiger partial charge in [-0.15, -0.1) is 0 Å². The second-order valence-corrected chi connectivity index (χ2v) is 3.08. The Hall–Kier alpha value is -1.84. The summed E-state index contributed by atoms with van der Waals surface area (Å²) >= 11 is 0. The monoisotopic (exact) mass is 191 g/mol. The molecule has 4 nitrogen and oxygen atoms in total. The zero-order valence-corrected chi connectivity index (χ0v) is 7.60. The van der Waals surface area contributed by atoms with Crippen LogP contribution in [0.2, 0.25) is 0 Å². The normalized spacial score (nSPS) is 12.9. The molecular formula is C10H9NO3. The number of fused-ring (bicyclic) bond motifs is 1. The second kappa shape index (κ2) is 3.14. The van der Waals surface area contributed by atoms with Crippen LogP contribution in [0.4, 0.5) is 0 Å². The number of aromatic nitrogens is 1. The van der Waals surface area contributed by atoms with Gasteiger partial charge in [-0.3, -0.25) is 4.79 Å². The van der Waals surface area contributed by atoms with Crippen LogP contribution in [0, 0.1) is 0 Å². The molecule has 0 saturated heterocycles. The van der Waals surface area contributed by atoms with Gasteiger partial charge in [0.25, 0.3) is 0 Å². The van der Waals surface area contributed by atoms with Gasteiger partial charge in [-0.05, 0) is 19.1 Å². The average Bonchev–Trinajstić information content (AvgIpc) is 2.59. The first kappa shape index (κ1) is 8.74. The summed E-state index contributed by atoms with van der Waals surface area (Å²) in [7, 11) is 0. The standard InChI is InChI=1S/C10H9NO3/c1-6(10(12)13)9-11-7-4-2-3-5-8(7)14-9/h2-6H,1H3,(H,12,13). The number of benzene rings is 1. The van der Waals surface area contributed by atoms with Gasteiger partial charge in [0.15, 0.2) is 5.58 Å². The molecule has 1 N–H and O–H groups in total. The van der Waals surface area contributed by atoms with Crippen molar-refractivity contribution in [2.75, 3.05) is 0 Å². The maximum absolute atomic E-state index is 10.7. The van der Waals surface area contributed by atoms with E-state index < -0.39 is 11.9 Å². The summed E-state index contributed by atoms with van der Waals surface area (Å²) < 4.78 is 5.30. The van der Waals surface area contributed by atoms with Crippen LogP contribution < -0.4 is 0 Å². The number of hydrogen-bond acceptors (Lipinski definition) is 3. The molecule has 0 aliphatic rings. The van der Waals surface area contributed by atoms with Crippen molar-refractivity contribution in [2.45, 2.75) is 12.8 Å². The molecule has 14 heavy (non-hydrogen) atoms. The maximum atomic E-state index is 10.7. The Morgan fingerprint density at radius 1 is 1.50 bits per heavy atom. The second-order valence-electron chi connectivity index (χ2n) is 3.08. The molecule has 4 heteroatoms. The van der Waals surface area contributed by atoms with Crippen molar-refractivity contribution in [3.05, 3.63) is 30.2 Å². The summed E-state index contributed by atoms with van der Waals surface area (Å²) in [5.74, 6) is -1.39. The largest absolute Gasteiger partial charge is 0.481 e. The van der Waals surface area contributed by atoms with E-state index in [-0.39, 0.29) is 5.89 Å². The lowest BCUT2D eigenvalue weighted by Gasteiger charge is -1.97. The number of para-hydroxylation sites is 2. The van der Waals surface area contributed by atoms with Gasteiger partial charge in [0.05, 0.1) is 0 Å². The Morgan fingerprint density at radius 3 is 2.86 bits per heavy atom. The van der Waals surface area contributed by atoms with E-state index in [1.54, 1.807) is 19.1 Å². The molecule has 72 valence electrons. The predicted molar refractivity (Wildman–Crippen MR) is 50.1 cm³/mol. The third kappa shape index (κ3) is 1.35. The van der Waals surface area contributed by atoms with Gasteiger partial charge in [-0.25, -0.2) is 4.98 Å². The van der Waals surface area contributed by atoms with Gasteiger partial charge >= 0.3 is 5.97 Å². The van der Waals surface area contributed by atoms with Gasteiger partial charge in [0.2, 0.25) is 5.89 Å². The van der Waals surface area contributed by atoms with Gasteiger partial charge in [-0.2, -0.15) is 0 Å². The Balaban J connectivity index is 2.50. The smallest absolute Gasteiger partial charge is 0.315 e. The Labute approximate surface area is 80.2 Å². The zero-order valence-electron chi connectivity index (χ0n) is 7.60. The van der Waals surface area contributed by atoms with Crippen molar-refractivity contribution in [2.24, 2.45) is 0 Å². The SMILES string of the molecule is CC(C(=O)O)c1nc2ccccc2o1. The van der Waals surface area contributed by atoms with Gasteiger partial charge in [0.1, 0.15) is 11.4 Å². The summed E-state index contributed by atoms with van der Waals surface area (Å²) in [4.78, 5) is 14.8. The van der Waals surface area contributed by atoms with E-state index in [1.165, 1.54) is 0 Å². The number of carboxylic acids is 1. The molecule has 0 fully saturated rings. The number of carboxylic acid groups (broad SMARTS) is 1. The van der Waals surface area contributed by atoms with Crippen LogP contribution >= 0.6 is 0 Å². The highest BCUT2D eigenvalue weighted by atomic mass is 16.4. The fourth-order valence-corrected chi connectivity index (χ4v) is 1.18. The Kier molecular flexibility index (Phi) is 1.96. The van der Waals surface area contributed by atoms with E-state index in [0.717, 1.165) is 0 Å². The molecule has 1 heterocycles. The molecule has 2 rings (SSSR count). The average molecular weight is 191 g/mol. The molecule has 0 spiro atoms. The van der Waals surface area contributed by atoms with E-state index in [9.17, 15) is 4.79 Å². The van der Waals surface area contributed by atoms with E-state index in [4.69, 9.17) is 9.52 Å². The lowest BCUT2D eigenvalue weighted by molar-refractivity contribution is -0.138. The number of carbonyl (C=O) groups is 1. The lowest BCUT2D eigenvalue weighted by atomic mass is 10.2. The molecular weight excluding hydrogens is 182 g/mol. The first-order valence-corrected chi connectivity index (χ1v) is 4.27. The summed E-state index contributed by atoms with van der Waals surface area (Å²) in [6.45, 7) is 1.55. The summed E-state index contributed by atoms with van der Waals surface area (Å²) in [6.07, 6.45) is 0. The van der Waals surface area contributed by atoms with E-state index >= 15 is 0 Å². The molecule has 0 aliphatic carbocycles. The maximum Gasteiger partial charge on any atom is 0.315 e. The third-order valence-corrected chi connectivity index (χ3v) is 2.05. The van der Waals surface area contributed by atoms with Crippen LogP contribution in [0.1, 0.15) is 18.7 Å². The Bertz CT molecular complexity index is 442. The van der Waals surface area contributed by atoms with Crippen LogP contribution in [0.15, 0.2) is 28.7 Å². The molecule has 1 unspecified atom stereocenters. The fraction of sp³-hybridized carbons (Fsp3) is 0.200. The first-order valence-electron chi connectivity index (χ1n) is 4.27. The molecule has 0 saturated carbocycles. The number of rotatable bonds is 2. The Morgan fingerprint density at radius 2 is 2.21 bits per heavy atom. The van der Waals surface area contributed by atoms with E-state index in [2.05, 4.69) is 4.98 Å².